The van der Waals surface area contributed by atoms with Gasteiger partial charge >= 0.3 is 0 Å². The molecule has 0 aliphatic carbocycles. The average Bonchev–Trinajstić information content (AvgIpc) is 2.54. The first-order chi connectivity index (χ1) is 10.3. The van der Waals surface area contributed by atoms with Crippen LogP contribution in [0.2, 0.25) is 0 Å². The molecule has 1 aromatic heterocycles. The molecule has 21 heavy (non-hydrogen) atoms. The van der Waals surface area contributed by atoms with E-state index in [1.54, 1.807) is 0 Å². The Morgan fingerprint density at radius 3 is 2.43 bits per heavy atom. The summed E-state index contributed by atoms with van der Waals surface area (Å²) < 4.78 is 0. The van der Waals surface area contributed by atoms with Gasteiger partial charge < -0.3 is 0 Å². The van der Waals surface area contributed by atoms with Crippen LogP contribution in [-0.2, 0) is 0 Å². The highest BCUT2D eigenvalue weighted by atomic mass is 14.6. The predicted octanol–water partition coefficient (Wildman–Crippen LogP) is 5.36. The van der Waals surface area contributed by atoms with E-state index in [-0.39, 0.29) is 0 Å². The Labute approximate surface area is 123 Å². The zero-order chi connectivity index (χ0) is 14.2. The number of aromatic nitrogens is 1. The third-order valence-corrected chi connectivity index (χ3v) is 3.94. The van der Waals surface area contributed by atoms with Crippen molar-refractivity contribution >= 4 is 21.7 Å². The van der Waals surface area contributed by atoms with E-state index >= 15 is 0 Å². The highest BCUT2D eigenvalue weighted by Crippen LogP contribution is 2.29. The van der Waals surface area contributed by atoms with Gasteiger partial charge in [-0.2, -0.15) is 0 Å². The van der Waals surface area contributed by atoms with Crippen molar-refractivity contribution in [2.75, 3.05) is 0 Å². The first kappa shape index (κ1) is 12.1. The van der Waals surface area contributed by atoms with Gasteiger partial charge in [0.15, 0.2) is 0 Å². The van der Waals surface area contributed by atoms with Crippen LogP contribution >= 0.6 is 0 Å². The summed E-state index contributed by atoms with van der Waals surface area (Å²) in [5.41, 5.74) is 4.79. The second-order valence-corrected chi connectivity index (χ2v) is 5.45. The third kappa shape index (κ3) is 2.07. The van der Waals surface area contributed by atoms with E-state index in [1.165, 1.54) is 32.8 Å². The van der Waals surface area contributed by atoms with Gasteiger partial charge in [0.1, 0.15) is 0 Å². The Morgan fingerprint density at radius 1 is 0.714 bits per heavy atom. The molecule has 1 heterocycles. The van der Waals surface area contributed by atoms with Gasteiger partial charge in [0.25, 0.3) is 0 Å². The summed E-state index contributed by atoms with van der Waals surface area (Å²) in [4.78, 5) is 4.59. The summed E-state index contributed by atoms with van der Waals surface area (Å²) in [5.74, 6) is 0. The zero-order valence-electron chi connectivity index (χ0n) is 11.9. The van der Waals surface area contributed by atoms with Crippen molar-refractivity contribution in [3.8, 4) is 11.1 Å². The number of rotatable bonds is 1. The fourth-order valence-electron chi connectivity index (χ4n) is 2.85. The van der Waals surface area contributed by atoms with Crippen molar-refractivity contribution < 1.29 is 0 Å². The van der Waals surface area contributed by atoms with Crippen LogP contribution in [0.3, 0.4) is 0 Å². The minimum absolute atomic E-state index is 1.05. The molecule has 4 aromatic rings. The Bertz CT molecular complexity index is 940. The molecular weight excluding hydrogens is 254 g/mol. The summed E-state index contributed by atoms with van der Waals surface area (Å²) in [7, 11) is 0. The number of fused-ring (bicyclic) bond motifs is 3. The minimum Gasteiger partial charge on any atom is -0.256 e. The number of pyridine rings is 1. The van der Waals surface area contributed by atoms with Crippen LogP contribution in [-0.4, -0.2) is 4.98 Å². The highest BCUT2D eigenvalue weighted by molar-refractivity contribution is 6.06. The molecule has 0 radical (unpaired) electrons. The zero-order valence-corrected chi connectivity index (χ0v) is 11.9. The molecule has 0 atom stereocenters. The predicted molar refractivity (Wildman–Crippen MR) is 89.4 cm³/mol. The fraction of sp³-hybridized carbons (Fsp3) is 0.0500. The Hall–Kier alpha value is -2.67. The maximum atomic E-state index is 4.59. The molecule has 3 aromatic carbocycles. The maximum Gasteiger partial charge on any atom is 0.0708 e. The van der Waals surface area contributed by atoms with E-state index in [1.807, 2.05) is 12.3 Å². The summed E-state index contributed by atoms with van der Waals surface area (Å²) >= 11 is 0. The van der Waals surface area contributed by atoms with Crippen molar-refractivity contribution in [1.29, 1.82) is 0 Å². The van der Waals surface area contributed by atoms with Crippen LogP contribution in [0.1, 0.15) is 5.56 Å². The van der Waals surface area contributed by atoms with Gasteiger partial charge in [-0.1, -0.05) is 54.1 Å². The first-order valence-electron chi connectivity index (χ1n) is 7.16. The minimum atomic E-state index is 1.05. The first-order valence-corrected chi connectivity index (χ1v) is 7.16. The smallest absolute Gasteiger partial charge is 0.0708 e. The van der Waals surface area contributed by atoms with E-state index in [2.05, 4.69) is 72.6 Å². The normalized spacial score (nSPS) is 11.1. The quantitative estimate of drug-likeness (QED) is 0.424. The molecule has 0 saturated heterocycles. The molecule has 0 fully saturated rings. The van der Waals surface area contributed by atoms with Crippen LogP contribution in [0.4, 0.5) is 0 Å². The van der Waals surface area contributed by atoms with Crippen molar-refractivity contribution in [2.24, 2.45) is 0 Å². The number of nitrogens with zero attached hydrogens (tertiary/aromatic N) is 1. The molecule has 0 aliphatic rings. The topological polar surface area (TPSA) is 12.9 Å². The van der Waals surface area contributed by atoms with Crippen LogP contribution in [0.5, 0.6) is 0 Å². The molecule has 0 bridgehead atoms. The Morgan fingerprint density at radius 2 is 1.57 bits per heavy atom. The largest absolute Gasteiger partial charge is 0.256 e. The van der Waals surface area contributed by atoms with Gasteiger partial charge in [0.05, 0.1) is 5.52 Å². The van der Waals surface area contributed by atoms with Gasteiger partial charge in [-0.25, -0.2) is 0 Å². The van der Waals surface area contributed by atoms with Crippen LogP contribution < -0.4 is 0 Å². The Balaban J connectivity index is 2.03. The van der Waals surface area contributed by atoms with E-state index < -0.39 is 0 Å². The van der Waals surface area contributed by atoms with Crippen LogP contribution in [0, 0.1) is 6.92 Å². The molecule has 0 aliphatic heterocycles. The molecule has 0 spiro atoms. The molecule has 1 nitrogen and oxygen atoms in total. The van der Waals surface area contributed by atoms with Crippen molar-refractivity contribution in [3.63, 3.8) is 0 Å². The SMILES string of the molecule is Cc1ccc2c(cnc3ccc(-c4ccccc4)cc32)c1. The number of hydrogen-bond donors (Lipinski definition) is 0. The molecule has 0 saturated carbocycles. The van der Waals surface area contributed by atoms with E-state index in [4.69, 9.17) is 0 Å². The lowest BCUT2D eigenvalue weighted by Gasteiger charge is -2.07. The highest BCUT2D eigenvalue weighted by Gasteiger charge is 2.04. The van der Waals surface area contributed by atoms with Gasteiger partial charge in [-0.3, -0.25) is 4.98 Å². The lowest BCUT2D eigenvalue weighted by atomic mass is 9.99. The molecule has 4 rings (SSSR count). The molecule has 0 N–H and O–H groups in total. The molecule has 0 amide bonds. The van der Waals surface area contributed by atoms with Gasteiger partial charge in [0, 0.05) is 17.0 Å². The third-order valence-electron chi connectivity index (χ3n) is 3.94. The molecule has 1 heteroatoms. The molecule has 0 unspecified atom stereocenters. The molecule has 100 valence electrons. The second kappa shape index (κ2) is 4.71. The lowest BCUT2D eigenvalue weighted by Crippen LogP contribution is -1.85. The van der Waals surface area contributed by atoms with Crippen LogP contribution in [0.25, 0.3) is 32.8 Å². The van der Waals surface area contributed by atoms with Gasteiger partial charge in [0.2, 0.25) is 0 Å². The van der Waals surface area contributed by atoms with E-state index in [0.29, 0.717) is 0 Å². The monoisotopic (exact) mass is 269 g/mol. The second-order valence-electron chi connectivity index (χ2n) is 5.45. The standard InChI is InChI=1S/C20H15N/c1-14-7-9-18-17(11-14)13-21-20-10-8-16(12-19(18)20)15-5-3-2-4-6-15/h2-13H,1H3. The summed E-state index contributed by atoms with van der Waals surface area (Å²) in [5, 5.41) is 3.69. The Kier molecular flexibility index (Phi) is 2.71. The van der Waals surface area contributed by atoms with E-state index in [0.717, 1.165) is 5.52 Å². The van der Waals surface area contributed by atoms with E-state index in [9.17, 15) is 0 Å². The van der Waals surface area contributed by atoms with Crippen molar-refractivity contribution in [3.05, 3.63) is 78.5 Å². The van der Waals surface area contributed by atoms with Crippen LogP contribution in [0.15, 0.2) is 72.9 Å². The fourth-order valence-corrected chi connectivity index (χ4v) is 2.85. The summed E-state index contributed by atoms with van der Waals surface area (Å²) in [6, 6.07) is 23.5. The van der Waals surface area contributed by atoms with Gasteiger partial charge in [-0.05, 0) is 41.6 Å². The summed E-state index contributed by atoms with van der Waals surface area (Å²) in [6.07, 6.45) is 1.97. The van der Waals surface area contributed by atoms with Crippen molar-refractivity contribution in [2.45, 2.75) is 6.92 Å². The van der Waals surface area contributed by atoms with Crippen molar-refractivity contribution in [1.82, 2.24) is 4.98 Å². The van der Waals surface area contributed by atoms with Gasteiger partial charge in [-0.15, -0.1) is 0 Å². The molecular formula is C20H15N. The summed E-state index contributed by atoms with van der Waals surface area (Å²) in [6.45, 7) is 2.12. The number of aryl methyl sites for hydroxylation is 1. The maximum absolute atomic E-state index is 4.59. The lowest BCUT2D eigenvalue weighted by molar-refractivity contribution is 1.43. The number of hydrogen-bond acceptors (Lipinski definition) is 1. The average molecular weight is 269 g/mol. The number of benzene rings is 3.